The molecular weight excluding hydrogens is 330 g/mol. The van der Waals surface area contributed by atoms with Gasteiger partial charge in [-0.05, 0) is 36.0 Å². The predicted octanol–water partition coefficient (Wildman–Crippen LogP) is 1.78. The fraction of sp³-hybridized carbons (Fsp3) is 0.375. The number of rotatable bonds is 8. The van der Waals surface area contributed by atoms with E-state index in [9.17, 15) is 14.7 Å². The molecule has 1 atom stereocenters. The lowest BCUT2D eigenvalue weighted by atomic mass is 9.98. The first kappa shape index (κ1) is 17.9. The van der Waals surface area contributed by atoms with Crippen molar-refractivity contribution < 1.29 is 19.4 Å². The van der Waals surface area contributed by atoms with Gasteiger partial charge in [0.15, 0.2) is 0 Å². The largest absolute Gasteiger partial charge is 0.496 e. The van der Waals surface area contributed by atoms with Crippen LogP contribution < -0.4 is 10.1 Å². The molecule has 0 aliphatic rings. The number of methoxy groups -OCH3 is 1. The Bertz CT molecular complexity index is 717. The fourth-order valence-electron chi connectivity index (χ4n) is 2.29. The number of nitrogens with one attached hydrogen (secondary N) is 1. The summed E-state index contributed by atoms with van der Waals surface area (Å²) in [6.45, 7) is 1.91. The van der Waals surface area contributed by atoms with E-state index in [0.717, 1.165) is 17.1 Å². The van der Waals surface area contributed by atoms with Gasteiger partial charge in [-0.25, -0.2) is 0 Å². The van der Waals surface area contributed by atoms with E-state index in [4.69, 9.17) is 4.74 Å². The summed E-state index contributed by atoms with van der Waals surface area (Å²) in [4.78, 5) is 24.1. The van der Waals surface area contributed by atoms with Gasteiger partial charge in [-0.15, -0.1) is 5.10 Å². The highest BCUT2D eigenvalue weighted by Gasteiger charge is 2.22. The third-order valence-corrected chi connectivity index (χ3v) is 4.38. The van der Waals surface area contributed by atoms with Crippen LogP contribution in [0.1, 0.15) is 27.9 Å². The van der Waals surface area contributed by atoms with Gasteiger partial charge in [0.1, 0.15) is 10.6 Å². The lowest BCUT2D eigenvalue weighted by molar-refractivity contribution is -0.141. The summed E-state index contributed by atoms with van der Waals surface area (Å²) >= 11 is 1.01. The van der Waals surface area contributed by atoms with Crippen molar-refractivity contribution in [2.75, 3.05) is 13.7 Å². The molecule has 24 heavy (non-hydrogen) atoms. The summed E-state index contributed by atoms with van der Waals surface area (Å²) in [6.07, 6.45) is 0.865. The Labute approximate surface area is 143 Å². The SMILES string of the molecule is CCc1nnsc1C(=O)NCC(Cc1ccccc1OC)C(=O)O. The van der Waals surface area contributed by atoms with E-state index in [-0.39, 0.29) is 18.9 Å². The van der Waals surface area contributed by atoms with E-state index in [1.54, 1.807) is 13.2 Å². The highest BCUT2D eigenvalue weighted by Crippen LogP contribution is 2.21. The van der Waals surface area contributed by atoms with Crippen molar-refractivity contribution in [1.82, 2.24) is 14.9 Å². The zero-order valence-corrected chi connectivity index (χ0v) is 14.3. The predicted molar refractivity (Wildman–Crippen MR) is 89.4 cm³/mol. The van der Waals surface area contributed by atoms with E-state index in [0.29, 0.717) is 22.7 Å². The second kappa shape index (κ2) is 8.39. The maximum atomic E-state index is 12.2. The van der Waals surface area contributed by atoms with Crippen molar-refractivity contribution in [2.45, 2.75) is 19.8 Å². The van der Waals surface area contributed by atoms with Crippen molar-refractivity contribution in [1.29, 1.82) is 0 Å². The van der Waals surface area contributed by atoms with Gasteiger partial charge in [-0.1, -0.05) is 29.6 Å². The third-order valence-electron chi connectivity index (χ3n) is 3.61. The number of aryl methyl sites for hydroxylation is 1. The highest BCUT2D eigenvalue weighted by molar-refractivity contribution is 7.08. The Morgan fingerprint density at radius 2 is 2.12 bits per heavy atom. The molecular formula is C16H19N3O4S. The molecule has 7 nitrogen and oxygen atoms in total. The lowest BCUT2D eigenvalue weighted by Crippen LogP contribution is -2.34. The summed E-state index contributed by atoms with van der Waals surface area (Å²) in [5.74, 6) is -1.43. The Morgan fingerprint density at radius 1 is 1.38 bits per heavy atom. The van der Waals surface area contributed by atoms with Gasteiger partial charge in [-0.2, -0.15) is 0 Å². The number of ether oxygens (including phenoxy) is 1. The van der Waals surface area contributed by atoms with Crippen molar-refractivity contribution in [2.24, 2.45) is 5.92 Å². The molecule has 0 saturated heterocycles. The molecule has 0 aliphatic carbocycles. The van der Waals surface area contributed by atoms with E-state index in [1.807, 2.05) is 25.1 Å². The Hall–Kier alpha value is -2.48. The minimum atomic E-state index is -0.973. The molecule has 8 heteroatoms. The first-order chi connectivity index (χ1) is 11.6. The molecule has 2 rings (SSSR count). The summed E-state index contributed by atoms with van der Waals surface area (Å²) in [6, 6.07) is 7.25. The smallest absolute Gasteiger partial charge is 0.308 e. The average molecular weight is 349 g/mol. The number of nitrogens with zero attached hydrogens (tertiary/aromatic N) is 2. The van der Waals surface area contributed by atoms with Crippen LogP contribution in [-0.2, 0) is 17.6 Å². The Balaban J connectivity index is 2.04. The maximum absolute atomic E-state index is 12.2. The number of carbonyl (C=O) groups is 2. The van der Waals surface area contributed by atoms with Crippen LogP contribution in [0.2, 0.25) is 0 Å². The number of aromatic nitrogens is 2. The minimum Gasteiger partial charge on any atom is -0.496 e. The first-order valence-electron chi connectivity index (χ1n) is 7.50. The molecule has 1 amide bonds. The Morgan fingerprint density at radius 3 is 2.79 bits per heavy atom. The van der Waals surface area contributed by atoms with Gasteiger partial charge in [0.2, 0.25) is 0 Å². The van der Waals surface area contributed by atoms with Crippen LogP contribution >= 0.6 is 11.5 Å². The van der Waals surface area contributed by atoms with E-state index < -0.39 is 11.9 Å². The first-order valence-corrected chi connectivity index (χ1v) is 8.28. The van der Waals surface area contributed by atoms with Crippen LogP contribution in [0.4, 0.5) is 0 Å². The zero-order chi connectivity index (χ0) is 17.5. The van der Waals surface area contributed by atoms with Crippen LogP contribution in [0.25, 0.3) is 0 Å². The van der Waals surface area contributed by atoms with Crippen molar-refractivity contribution in [3.8, 4) is 5.75 Å². The van der Waals surface area contributed by atoms with E-state index >= 15 is 0 Å². The van der Waals surface area contributed by atoms with E-state index in [1.165, 1.54) is 0 Å². The summed E-state index contributed by atoms with van der Waals surface area (Å²) in [5, 5.41) is 16.0. The average Bonchev–Trinajstić information content (AvgIpc) is 3.07. The van der Waals surface area contributed by atoms with Crippen LogP contribution in [0, 0.1) is 5.92 Å². The molecule has 2 N–H and O–H groups in total. The number of para-hydroxylation sites is 1. The van der Waals surface area contributed by atoms with Gasteiger partial charge in [-0.3, -0.25) is 9.59 Å². The molecule has 1 aromatic heterocycles. The van der Waals surface area contributed by atoms with Crippen LogP contribution in [0.5, 0.6) is 5.75 Å². The van der Waals surface area contributed by atoms with Crippen LogP contribution in [0.15, 0.2) is 24.3 Å². The van der Waals surface area contributed by atoms with Gasteiger partial charge in [0, 0.05) is 6.54 Å². The fourth-order valence-corrected chi connectivity index (χ4v) is 2.96. The van der Waals surface area contributed by atoms with Gasteiger partial charge < -0.3 is 15.2 Å². The number of amides is 1. The topological polar surface area (TPSA) is 101 Å². The number of benzene rings is 1. The molecule has 0 bridgehead atoms. The molecule has 1 heterocycles. The monoisotopic (exact) mass is 349 g/mol. The van der Waals surface area contributed by atoms with E-state index in [2.05, 4.69) is 14.9 Å². The summed E-state index contributed by atoms with van der Waals surface area (Å²) in [7, 11) is 1.54. The second-order valence-electron chi connectivity index (χ2n) is 5.16. The zero-order valence-electron chi connectivity index (χ0n) is 13.5. The van der Waals surface area contributed by atoms with Gasteiger partial charge in [0.05, 0.1) is 18.7 Å². The number of carbonyl (C=O) groups excluding carboxylic acids is 1. The minimum absolute atomic E-state index is 0.0211. The van der Waals surface area contributed by atoms with Gasteiger partial charge in [0.25, 0.3) is 5.91 Å². The van der Waals surface area contributed by atoms with Crippen molar-refractivity contribution in [3.05, 3.63) is 40.4 Å². The molecule has 0 radical (unpaired) electrons. The summed E-state index contributed by atoms with van der Waals surface area (Å²) < 4.78 is 9.01. The van der Waals surface area contributed by atoms with Crippen molar-refractivity contribution in [3.63, 3.8) is 0 Å². The molecule has 0 spiro atoms. The molecule has 0 saturated carbocycles. The van der Waals surface area contributed by atoms with Gasteiger partial charge >= 0.3 is 5.97 Å². The number of hydrogen-bond donors (Lipinski definition) is 2. The second-order valence-corrected chi connectivity index (χ2v) is 5.92. The molecule has 0 aliphatic heterocycles. The van der Waals surface area contributed by atoms with Crippen LogP contribution in [0.3, 0.4) is 0 Å². The number of carboxylic acids is 1. The molecule has 0 fully saturated rings. The van der Waals surface area contributed by atoms with Crippen LogP contribution in [-0.4, -0.2) is 40.2 Å². The standard InChI is InChI=1S/C16H19N3O4S/c1-3-12-14(24-19-18-12)15(20)17-9-11(16(21)22)8-10-6-4-5-7-13(10)23-2/h4-7,11H,3,8-9H2,1-2H3,(H,17,20)(H,21,22). The quantitative estimate of drug-likeness (QED) is 0.753. The van der Waals surface area contributed by atoms with Crippen molar-refractivity contribution >= 4 is 23.4 Å². The molecule has 1 aromatic carbocycles. The number of hydrogen-bond acceptors (Lipinski definition) is 6. The normalized spacial score (nSPS) is 11.8. The number of carboxylic acid groups (broad SMARTS) is 1. The third kappa shape index (κ3) is 4.29. The Kier molecular flexibility index (Phi) is 6.25. The maximum Gasteiger partial charge on any atom is 0.308 e. The molecule has 1 unspecified atom stereocenters. The molecule has 2 aromatic rings. The highest BCUT2D eigenvalue weighted by atomic mass is 32.1. The lowest BCUT2D eigenvalue weighted by Gasteiger charge is -2.15. The number of aliphatic carboxylic acids is 1. The molecule has 128 valence electrons. The summed E-state index contributed by atoms with van der Waals surface area (Å²) in [5.41, 5.74) is 1.41.